The van der Waals surface area contributed by atoms with Gasteiger partial charge in [0.25, 0.3) is 5.91 Å². The Labute approximate surface area is 170 Å². The molecule has 2 saturated heterocycles. The molecule has 3 heterocycles. The third kappa shape index (κ3) is 4.02. The minimum Gasteiger partial charge on any atom is -0.482 e. The molecule has 8 heteroatoms. The van der Waals surface area contributed by atoms with Gasteiger partial charge in [0.15, 0.2) is 6.61 Å². The molecule has 0 atom stereocenters. The second-order valence-electron chi connectivity index (χ2n) is 8.69. The van der Waals surface area contributed by atoms with Gasteiger partial charge in [0.1, 0.15) is 12.3 Å². The molecule has 3 aliphatic rings. The lowest BCUT2D eigenvalue weighted by molar-refractivity contribution is -0.133. The van der Waals surface area contributed by atoms with E-state index in [-0.39, 0.29) is 42.5 Å². The van der Waals surface area contributed by atoms with Crippen LogP contribution in [0.5, 0.6) is 5.75 Å². The van der Waals surface area contributed by atoms with Crippen LogP contribution in [0, 0.1) is 5.41 Å². The Morgan fingerprint density at radius 2 is 1.86 bits per heavy atom. The van der Waals surface area contributed by atoms with Gasteiger partial charge in [-0.25, -0.2) is 4.79 Å². The standard InChI is InChI=1S/C21H27N3O5/c1-21(2)13-24(20(27)29-14-21)15-7-9-22(10-8-15)18(25)11-23-16-5-3-4-6-17(16)28-12-19(23)26/h3-6,15H,7-14H2,1-2H3. The summed E-state index contributed by atoms with van der Waals surface area (Å²) in [7, 11) is 0. The maximum absolute atomic E-state index is 12.9. The number of piperidine rings is 1. The third-order valence-corrected chi connectivity index (χ3v) is 5.78. The van der Waals surface area contributed by atoms with E-state index in [2.05, 4.69) is 13.8 Å². The number of hydrogen-bond acceptors (Lipinski definition) is 5. The van der Waals surface area contributed by atoms with Gasteiger partial charge < -0.3 is 19.3 Å². The fraction of sp³-hybridized carbons (Fsp3) is 0.571. The number of amides is 3. The molecule has 29 heavy (non-hydrogen) atoms. The molecule has 0 aliphatic carbocycles. The summed E-state index contributed by atoms with van der Waals surface area (Å²) >= 11 is 0. The van der Waals surface area contributed by atoms with Crippen LogP contribution in [0.4, 0.5) is 10.5 Å². The zero-order valence-corrected chi connectivity index (χ0v) is 16.9. The van der Waals surface area contributed by atoms with E-state index in [4.69, 9.17) is 9.47 Å². The number of likely N-dealkylation sites (tertiary alicyclic amines) is 1. The number of hydrogen-bond donors (Lipinski definition) is 0. The van der Waals surface area contributed by atoms with Crippen molar-refractivity contribution < 1.29 is 23.9 Å². The van der Waals surface area contributed by atoms with Gasteiger partial charge in [0, 0.05) is 31.1 Å². The fourth-order valence-corrected chi connectivity index (χ4v) is 4.18. The summed E-state index contributed by atoms with van der Waals surface area (Å²) in [6, 6.07) is 7.33. The molecule has 0 radical (unpaired) electrons. The van der Waals surface area contributed by atoms with Gasteiger partial charge in [-0.3, -0.25) is 14.5 Å². The number of fused-ring (bicyclic) bond motifs is 1. The highest BCUT2D eigenvalue weighted by Crippen LogP contribution is 2.32. The Balaban J connectivity index is 1.36. The van der Waals surface area contributed by atoms with Crippen molar-refractivity contribution in [2.45, 2.75) is 32.7 Å². The summed E-state index contributed by atoms with van der Waals surface area (Å²) in [6.45, 7) is 6.35. The first-order valence-corrected chi connectivity index (χ1v) is 10.1. The Hall–Kier alpha value is -2.77. The second kappa shape index (κ2) is 7.57. The summed E-state index contributed by atoms with van der Waals surface area (Å²) in [6.07, 6.45) is 1.17. The van der Waals surface area contributed by atoms with Gasteiger partial charge in [0.2, 0.25) is 5.91 Å². The normalized spacial score (nSPS) is 22.1. The van der Waals surface area contributed by atoms with E-state index in [9.17, 15) is 14.4 Å². The SMILES string of the molecule is CC1(C)COC(=O)N(C2CCN(C(=O)CN3C(=O)COc4ccccc43)CC2)C1. The molecule has 0 unspecified atom stereocenters. The number of rotatable bonds is 3. The highest BCUT2D eigenvalue weighted by Gasteiger charge is 2.38. The number of benzene rings is 1. The Morgan fingerprint density at radius 1 is 1.14 bits per heavy atom. The van der Waals surface area contributed by atoms with Crippen molar-refractivity contribution >= 4 is 23.6 Å². The van der Waals surface area contributed by atoms with E-state index < -0.39 is 0 Å². The van der Waals surface area contributed by atoms with E-state index in [1.165, 1.54) is 4.90 Å². The smallest absolute Gasteiger partial charge is 0.410 e. The van der Waals surface area contributed by atoms with Crippen LogP contribution in [0.25, 0.3) is 0 Å². The van der Waals surface area contributed by atoms with E-state index >= 15 is 0 Å². The molecule has 4 rings (SSSR count). The van der Waals surface area contributed by atoms with Crippen molar-refractivity contribution in [3.63, 3.8) is 0 Å². The monoisotopic (exact) mass is 401 g/mol. The highest BCUT2D eigenvalue weighted by atomic mass is 16.6. The first-order chi connectivity index (χ1) is 13.8. The number of ether oxygens (including phenoxy) is 2. The predicted molar refractivity (Wildman–Crippen MR) is 106 cm³/mol. The van der Waals surface area contributed by atoms with Crippen molar-refractivity contribution in [2.24, 2.45) is 5.41 Å². The number of nitrogens with zero attached hydrogens (tertiary/aromatic N) is 3. The van der Waals surface area contributed by atoms with Crippen LogP contribution in [0.1, 0.15) is 26.7 Å². The average molecular weight is 401 g/mol. The van der Waals surface area contributed by atoms with Gasteiger partial charge in [-0.2, -0.15) is 0 Å². The van der Waals surface area contributed by atoms with Crippen LogP contribution in [0.2, 0.25) is 0 Å². The molecule has 8 nitrogen and oxygen atoms in total. The van der Waals surface area contributed by atoms with Crippen LogP contribution in [0.15, 0.2) is 24.3 Å². The lowest BCUT2D eigenvalue weighted by Crippen LogP contribution is -2.56. The minimum absolute atomic E-state index is 0.00264. The Morgan fingerprint density at radius 3 is 2.62 bits per heavy atom. The number of carbonyl (C=O) groups excluding carboxylic acids is 3. The van der Waals surface area contributed by atoms with Crippen LogP contribution in [0.3, 0.4) is 0 Å². The molecule has 156 valence electrons. The molecule has 0 bridgehead atoms. The fourth-order valence-electron chi connectivity index (χ4n) is 4.18. The molecule has 0 spiro atoms. The lowest BCUT2D eigenvalue weighted by Gasteiger charge is -2.44. The lowest BCUT2D eigenvalue weighted by atomic mass is 9.91. The maximum atomic E-state index is 12.9. The molecule has 2 fully saturated rings. The summed E-state index contributed by atoms with van der Waals surface area (Å²) < 4.78 is 10.8. The largest absolute Gasteiger partial charge is 0.482 e. The van der Waals surface area contributed by atoms with Gasteiger partial charge >= 0.3 is 6.09 Å². The topological polar surface area (TPSA) is 79.4 Å². The molecular formula is C21H27N3O5. The zero-order chi connectivity index (χ0) is 20.6. The molecule has 3 amide bonds. The van der Waals surface area contributed by atoms with Crippen LogP contribution >= 0.6 is 0 Å². The third-order valence-electron chi connectivity index (χ3n) is 5.78. The average Bonchev–Trinajstić information content (AvgIpc) is 2.72. The van der Waals surface area contributed by atoms with Crippen LogP contribution < -0.4 is 9.64 Å². The highest BCUT2D eigenvalue weighted by molar-refractivity contribution is 6.02. The minimum atomic E-state index is -0.260. The molecule has 1 aromatic rings. The number of cyclic esters (lactones) is 1. The molecular weight excluding hydrogens is 374 g/mol. The zero-order valence-electron chi connectivity index (χ0n) is 16.9. The number of carbonyl (C=O) groups is 3. The van der Waals surface area contributed by atoms with Crippen LogP contribution in [-0.4, -0.2) is 73.1 Å². The first kappa shape index (κ1) is 19.5. The summed E-state index contributed by atoms with van der Waals surface area (Å²) in [5.74, 6) is 0.310. The molecule has 1 aromatic carbocycles. The van der Waals surface area contributed by atoms with Crippen molar-refractivity contribution in [1.29, 1.82) is 0 Å². The van der Waals surface area contributed by atoms with Crippen molar-refractivity contribution in [3.05, 3.63) is 24.3 Å². The Kier molecular flexibility index (Phi) is 5.10. The predicted octanol–water partition coefficient (Wildman–Crippen LogP) is 1.88. The first-order valence-electron chi connectivity index (χ1n) is 10.1. The van der Waals surface area contributed by atoms with Gasteiger partial charge in [-0.1, -0.05) is 26.0 Å². The van der Waals surface area contributed by atoms with E-state index in [0.717, 1.165) is 0 Å². The van der Waals surface area contributed by atoms with Crippen LogP contribution in [-0.2, 0) is 14.3 Å². The maximum Gasteiger partial charge on any atom is 0.410 e. The van der Waals surface area contributed by atoms with E-state index in [1.807, 2.05) is 17.0 Å². The number of anilines is 1. The summed E-state index contributed by atoms with van der Waals surface area (Å²) in [5.41, 5.74) is 0.565. The molecule has 0 aromatic heterocycles. The molecule has 0 saturated carbocycles. The van der Waals surface area contributed by atoms with Gasteiger partial charge in [-0.05, 0) is 25.0 Å². The van der Waals surface area contributed by atoms with Crippen molar-refractivity contribution in [1.82, 2.24) is 9.80 Å². The molecule has 3 aliphatic heterocycles. The van der Waals surface area contributed by atoms with Crippen molar-refractivity contribution in [3.8, 4) is 5.75 Å². The van der Waals surface area contributed by atoms with Gasteiger partial charge in [0.05, 0.1) is 12.3 Å². The molecule has 0 N–H and O–H groups in total. The Bertz CT molecular complexity index is 816. The summed E-state index contributed by atoms with van der Waals surface area (Å²) in [5, 5.41) is 0. The summed E-state index contributed by atoms with van der Waals surface area (Å²) in [4.78, 5) is 42.4. The van der Waals surface area contributed by atoms with Crippen molar-refractivity contribution in [2.75, 3.05) is 44.3 Å². The quantitative estimate of drug-likeness (QED) is 0.773. The van der Waals surface area contributed by atoms with E-state index in [0.29, 0.717) is 50.5 Å². The second-order valence-corrected chi connectivity index (χ2v) is 8.69. The van der Waals surface area contributed by atoms with Gasteiger partial charge in [-0.15, -0.1) is 0 Å². The number of para-hydroxylation sites is 2. The van der Waals surface area contributed by atoms with E-state index in [1.54, 1.807) is 17.0 Å².